The van der Waals surface area contributed by atoms with Crippen LogP contribution >= 0.6 is 0 Å². The van der Waals surface area contributed by atoms with E-state index in [0.29, 0.717) is 12.0 Å². The first-order valence-electron chi connectivity index (χ1n) is 4.37. The van der Waals surface area contributed by atoms with Crippen molar-refractivity contribution in [2.45, 2.75) is 44.8 Å². The lowest BCUT2D eigenvalue weighted by Crippen LogP contribution is -2.52. The Morgan fingerprint density at radius 1 is 1.64 bits per heavy atom. The number of ether oxygens (including phenoxy) is 1. The summed E-state index contributed by atoms with van der Waals surface area (Å²) in [6.45, 7) is 4.22. The maximum atomic E-state index is 9.90. The van der Waals surface area contributed by atoms with Crippen molar-refractivity contribution in [1.82, 2.24) is 0 Å². The number of aliphatic hydroxyl groups is 1. The summed E-state index contributed by atoms with van der Waals surface area (Å²) in [5.41, 5.74) is -0.421. The molecule has 66 valence electrons. The highest BCUT2D eigenvalue weighted by Gasteiger charge is 2.45. The number of hydrogen-bond donors (Lipinski definition) is 1. The summed E-state index contributed by atoms with van der Waals surface area (Å²) in [5.74, 6) is 0.411. The molecule has 0 radical (unpaired) electrons. The Hall–Kier alpha value is -0.0800. The molecule has 1 rings (SSSR count). The first-order chi connectivity index (χ1) is 5.12. The molecular formula is C9H18O2. The first kappa shape index (κ1) is 9.01. The highest BCUT2D eigenvalue weighted by molar-refractivity contribution is 4.97. The lowest BCUT2D eigenvalue weighted by atomic mass is 9.69. The van der Waals surface area contributed by atoms with E-state index in [1.807, 2.05) is 0 Å². The third-order valence-corrected chi connectivity index (χ3v) is 3.03. The van der Waals surface area contributed by atoms with Gasteiger partial charge >= 0.3 is 0 Å². The maximum Gasteiger partial charge on any atom is 0.0722 e. The normalized spacial score (nSPS) is 39.8. The number of methoxy groups -OCH3 is 1. The van der Waals surface area contributed by atoms with Crippen LogP contribution in [0.25, 0.3) is 0 Å². The molecule has 2 heteroatoms. The molecule has 0 aromatic carbocycles. The van der Waals surface area contributed by atoms with Crippen LogP contribution in [0.5, 0.6) is 0 Å². The van der Waals surface area contributed by atoms with Gasteiger partial charge in [-0.25, -0.2) is 0 Å². The fraction of sp³-hybridized carbons (Fsp3) is 1.00. The summed E-state index contributed by atoms with van der Waals surface area (Å²) in [7, 11) is 1.71. The molecule has 1 aliphatic carbocycles. The van der Waals surface area contributed by atoms with Crippen molar-refractivity contribution in [3.05, 3.63) is 0 Å². The summed E-state index contributed by atoms with van der Waals surface area (Å²) in [4.78, 5) is 0. The van der Waals surface area contributed by atoms with Crippen LogP contribution in [0.2, 0.25) is 0 Å². The van der Waals surface area contributed by atoms with Crippen LogP contribution in [0.3, 0.4) is 0 Å². The Labute approximate surface area is 68.6 Å². The van der Waals surface area contributed by atoms with Crippen molar-refractivity contribution >= 4 is 0 Å². The molecular weight excluding hydrogens is 140 g/mol. The van der Waals surface area contributed by atoms with Gasteiger partial charge in [0, 0.05) is 20.0 Å². The highest BCUT2D eigenvalue weighted by atomic mass is 16.5. The van der Waals surface area contributed by atoms with Crippen LogP contribution in [0, 0.1) is 5.92 Å². The third-order valence-electron chi connectivity index (χ3n) is 3.03. The van der Waals surface area contributed by atoms with Crippen LogP contribution in [-0.4, -0.2) is 23.9 Å². The molecule has 11 heavy (non-hydrogen) atoms. The molecule has 0 spiro atoms. The molecule has 1 unspecified atom stereocenters. The summed E-state index contributed by atoms with van der Waals surface area (Å²) in [6.07, 6.45) is 2.98. The van der Waals surface area contributed by atoms with Crippen molar-refractivity contribution < 1.29 is 9.84 Å². The Kier molecular flexibility index (Phi) is 2.55. The fourth-order valence-electron chi connectivity index (χ4n) is 1.68. The summed E-state index contributed by atoms with van der Waals surface area (Å²) in [5, 5.41) is 9.90. The molecule has 0 amide bonds. The van der Waals surface area contributed by atoms with Gasteiger partial charge in [0.05, 0.1) is 11.7 Å². The van der Waals surface area contributed by atoms with Crippen LogP contribution in [-0.2, 0) is 4.74 Å². The van der Waals surface area contributed by atoms with E-state index in [-0.39, 0.29) is 0 Å². The second-order valence-electron chi connectivity index (χ2n) is 3.68. The monoisotopic (exact) mass is 158 g/mol. The van der Waals surface area contributed by atoms with E-state index < -0.39 is 5.60 Å². The largest absolute Gasteiger partial charge is 0.389 e. The first-order valence-corrected chi connectivity index (χ1v) is 4.37. The highest BCUT2D eigenvalue weighted by Crippen LogP contribution is 2.41. The van der Waals surface area contributed by atoms with Crippen molar-refractivity contribution in [2.75, 3.05) is 7.11 Å². The Balaban J connectivity index is 2.36. The van der Waals surface area contributed by atoms with E-state index in [4.69, 9.17) is 4.74 Å². The molecule has 0 aromatic rings. The third kappa shape index (κ3) is 1.57. The quantitative estimate of drug-likeness (QED) is 0.675. The molecule has 1 atom stereocenters. The second kappa shape index (κ2) is 3.11. The minimum Gasteiger partial charge on any atom is -0.389 e. The van der Waals surface area contributed by atoms with E-state index in [0.717, 1.165) is 19.3 Å². The zero-order valence-electron chi connectivity index (χ0n) is 7.63. The number of rotatable bonds is 3. The number of hydrogen-bond acceptors (Lipinski definition) is 2. The van der Waals surface area contributed by atoms with Gasteiger partial charge in [-0.1, -0.05) is 20.3 Å². The predicted molar refractivity (Wildman–Crippen MR) is 44.4 cm³/mol. The van der Waals surface area contributed by atoms with E-state index in [1.54, 1.807) is 7.11 Å². The molecule has 2 nitrogen and oxygen atoms in total. The minimum atomic E-state index is -0.421. The molecule has 0 heterocycles. The molecule has 1 N–H and O–H groups in total. The van der Waals surface area contributed by atoms with Gasteiger partial charge < -0.3 is 9.84 Å². The van der Waals surface area contributed by atoms with E-state index in [1.165, 1.54) is 0 Å². The smallest absolute Gasteiger partial charge is 0.0722 e. The van der Waals surface area contributed by atoms with Gasteiger partial charge in [0.25, 0.3) is 0 Å². The van der Waals surface area contributed by atoms with Gasteiger partial charge in [-0.2, -0.15) is 0 Å². The Morgan fingerprint density at radius 2 is 2.18 bits per heavy atom. The van der Waals surface area contributed by atoms with E-state index in [9.17, 15) is 5.11 Å². The van der Waals surface area contributed by atoms with Gasteiger partial charge in [-0.3, -0.25) is 0 Å². The van der Waals surface area contributed by atoms with Crippen LogP contribution in [0.1, 0.15) is 33.1 Å². The van der Waals surface area contributed by atoms with Crippen molar-refractivity contribution in [2.24, 2.45) is 5.92 Å². The minimum absolute atomic E-state index is 0.300. The summed E-state index contributed by atoms with van der Waals surface area (Å²) >= 11 is 0. The van der Waals surface area contributed by atoms with Crippen molar-refractivity contribution in [3.63, 3.8) is 0 Å². The van der Waals surface area contributed by atoms with Crippen LogP contribution < -0.4 is 0 Å². The van der Waals surface area contributed by atoms with Crippen LogP contribution in [0.4, 0.5) is 0 Å². The second-order valence-corrected chi connectivity index (χ2v) is 3.68. The average molecular weight is 158 g/mol. The molecule has 0 aliphatic heterocycles. The zero-order chi connectivity index (χ0) is 8.48. The van der Waals surface area contributed by atoms with Crippen molar-refractivity contribution in [1.29, 1.82) is 0 Å². The van der Waals surface area contributed by atoms with Crippen molar-refractivity contribution in [3.8, 4) is 0 Å². The summed E-state index contributed by atoms with van der Waals surface area (Å²) in [6, 6.07) is 0. The lowest BCUT2D eigenvalue weighted by molar-refractivity contribution is -0.155. The SMILES string of the molecule is CCC(C)C1(O)CC(OC)C1. The van der Waals surface area contributed by atoms with Gasteiger partial charge in [-0.15, -0.1) is 0 Å². The Morgan fingerprint density at radius 3 is 2.55 bits per heavy atom. The molecule has 0 saturated heterocycles. The van der Waals surface area contributed by atoms with Gasteiger partial charge in [0.2, 0.25) is 0 Å². The topological polar surface area (TPSA) is 29.5 Å². The van der Waals surface area contributed by atoms with Crippen LogP contribution in [0.15, 0.2) is 0 Å². The molecule has 0 aromatic heterocycles. The molecule has 1 aliphatic rings. The zero-order valence-corrected chi connectivity index (χ0v) is 7.63. The van der Waals surface area contributed by atoms with E-state index >= 15 is 0 Å². The molecule has 0 bridgehead atoms. The fourth-order valence-corrected chi connectivity index (χ4v) is 1.68. The lowest BCUT2D eigenvalue weighted by Gasteiger charge is -2.46. The molecule has 1 saturated carbocycles. The summed E-state index contributed by atoms with van der Waals surface area (Å²) < 4.78 is 5.12. The average Bonchev–Trinajstić information content (AvgIpc) is 1.96. The Bertz CT molecular complexity index is 128. The van der Waals surface area contributed by atoms with E-state index in [2.05, 4.69) is 13.8 Å². The van der Waals surface area contributed by atoms with Gasteiger partial charge in [0.15, 0.2) is 0 Å². The van der Waals surface area contributed by atoms with Gasteiger partial charge in [-0.05, 0) is 5.92 Å². The maximum absolute atomic E-state index is 9.90. The van der Waals surface area contributed by atoms with Gasteiger partial charge in [0.1, 0.15) is 0 Å². The molecule has 1 fully saturated rings. The standard InChI is InChI=1S/C9H18O2/c1-4-7(2)9(10)5-8(6-9)11-3/h7-8,10H,4-6H2,1-3H3. The predicted octanol–water partition coefficient (Wildman–Crippen LogP) is 1.57.